The molecule has 0 saturated heterocycles. The minimum absolute atomic E-state index is 0.407. The molecule has 0 radical (unpaired) electrons. The minimum atomic E-state index is -0.407. The van der Waals surface area contributed by atoms with Crippen LogP contribution in [0.25, 0.3) is 11.0 Å². The van der Waals surface area contributed by atoms with E-state index in [0.29, 0.717) is 5.65 Å². The zero-order valence-electron chi connectivity index (χ0n) is 7.27. The molecule has 0 atom stereocenters. The number of fused-ring (bicyclic) bond motifs is 1. The molecule has 5 nitrogen and oxygen atoms in total. The summed E-state index contributed by atoms with van der Waals surface area (Å²) in [7, 11) is 0. The van der Waals surface area contributed by atoms with Gasteiger partial charge in [-0.3, -0.25) is 0 Å². The molecular formula is C8H6IN3O2. The van der Waals surface area contributed by atoms with E-state index in [0.717, 1.165) is 9.09 Å². The van der Waals surface area contributed by atoms with E-state index >= 15 is 0 Å². The third kappa shape index (κ3) is 1.57. The number of hydrogen-bond donors (Lipinski definition) is 0. The molecule has 2 heterocycles. The number of aromatic nitrogens is 3. The second-order valence-electron chi connectivity index (χ2n) is 2.62. The lowest BCUT2D eigenvalue weighted by molar-refractivity contribution is -0.143. The molecule has 0 fully saturated rings. The summed E-state index contributed by atoms with van der Waals surface area (Å²) in [5.74, 6) is -0.407. The van der Waals surface area contributed by atoms with Crippen molar-refractivity contribution in [1.82, 2.24) is 14.9 Å². The van der Waals surface area contributed by atoms with Crippen LogP contribution in [0, 0.1) is 3.70 Å². The minimum Gasteiger partial charge on any atom is -0.319 e. The summed E-state index contributed by atoms with van der Waals surface area (Å²) in [6, 6.07) is 3.68. The fourth-order valence-corrected chi connectivity index (χ4v) is 1.68. The van der Waals surface area contributed by atoms with E-state index in [1.807, 2.05) is 12.1 Å². The molecule has 2 aromatic rings. The summed E-state index contributed by atoms with van der Waals surface area (Å²) < 4.78 is 0.737. The van der Waals surface area contributed by atoms with E-state index in [-0.39, 0.29) is 0 Å². The molecule has 14 heavy (non-hydrogen) atoms. The van der Waals surface area contributed by atoms with E-state index in [1.54, 1.807) is 6.20 Å². The highest BCUT2D eigenvalue weighted by Gasteiger charge is 2.10. The number of nitrogens with zero attached hydrogens (tertiary/aromatic N) is 3. The van der Waals surface area contributed by atoms with Crippen molar-refractivity contribution in [3.05, 3.63) is 22.0 Å². The molecule has 0 N–H and O–H groups in total. The molecule has 0 amide bonds. The Bertz CT molecular complexity index is 494. The van der Waals surface area contributed by atoms with Crippen molar-refractivity contribution in [3.63, 3.8) is 0 Å². The highest BCUT2D eigenvalue weighted by molar-refractivity contribution is 14.1. The van der Waals surface area contributed by atoms with Crippen molar-refractivity contribution in [2.75, 3.05) is 0 Å². The number of carbonyl (C=O) groups excluding carboxylic acids is 1. The van der Waals surface area contributed by atoms with Gasteiger partial charge in [0.25, 0.3) is 0 Å². The Morgan fingerprint density at radius 2 is 2.43 bits per heavy atom. The van der Waals surface area contributed by atoms with Gasteiger partial charge < -0.3 is 4.84 Å². The zero-order valence-corrected chi connectivity index (χ0v) is 9.43. The summed E-state index contributed by atoms with van der Waals surface area (Å²) in [6.45, 7) is 1.33. The van der Waals surface area contributed by atoms with Crippen LogP contribution in [0.15, 0.2) is 18.3 Å². The lowest BCUT2D eigenvalue weighted by Gasteiger charge is -1.98. The molecule has 0 saturated carbocycles. The maximum atomic E-state index is 10.7. The topological polar surface area (TPSA) is 57.0 Å². The van der Waals surface area contributed by atoms with Crippen LogP contribution in [0.4, 0.5) is 0 Å². The average molecular weight is 303 g/mol. The number of hydrogen-bond acceptors (Lipinski definition) is 4. The van der Waals surface area contributed by atoms with Gasteiger partial charge in [0, 0.05) is 13.1 Å². The van der Waals surface area contributed by atoms with Gasteiger partial charge in [-0.15, -0.1) is 5.10 Å². The van der Waals surface area contributed by atoms with Crippen molar-refractivity contribution >= 4 is 39.6 Å². The fraction of sp³-hybridized carbons (Fsp3) is 0.125. The van der Waals surface area contributed by atoms with Crippen LogP contribution >= 0.6 is 22.6 Å². The Hall–Kier alpha value is -1.18. The van der Waals surface area contributed by atoms with Crippen LogP contribution in [0.3, 0.4) is 0 Å². The second-order valence-corrected chi connectivity index (χ2v) is 3.64. The van der Waals surface area contributed by atoms with Gasteiger partial charge in [-0.05, 0) is 34.7 Å². The smallest absolute Gasteiger partial charge is 0.319 e. The predicted molar refractivity (Wildman–Crippen MR) is 57.5 cm³/mol. The number of carbonyl (C=O) groups is 1. The Kier molecular flexibility index (Phi) is 2.36. The quantitative estimate of drug-likeness (QED) is 0.738. The third-order valence-corrected chi connectivity index (χ3v) is 2.57. The van der Waals surface area contributed by atoms with E-state index in [9.17, 15) is 4.79 Å². The van der Waals surface area contributed by atoms with Crippen LogP contribution in [-0.2, 0) is 4.79 Å². The van der Waals surface area contributed by atoms with Crippen LogP contribution < -0.4 is 4.84 Å². The third-order valence-electron chi connectivity index (χ3n) is 1.58. The van der Waals surface area contributed by atoms with Crippen LogP contribution in [0.1, 0.15) is 6.92 Å². The van der Waals surface area contributed by atoms with E-state index in [1.165, 1.54) is 11.8 Å². The predicted octanol–water partition coefficient (Wildman–Crippen LogP) is 1.01. The maximum Gasteiger partial charge on any atom is 0.331 e. The molecule has 72 valence electrons. The Morgan fingerprint density at radius 3 is 3.07 bits per heavy atom. The van der Waals surface area contributed by atoms with Crippen molar-refractivity contribution in [1.29, 1.82) is 0 Å². The Balaban J connectivity index is 2.57. The second kappa shape index (κ2) is 3.52. The molecule has 0 spiro atoms. The van der Waals surface area contributed by atoms with E-state index in [4.69, 9.17) is 4.84 Å². The maximum absolute atomic E-state index is 10.7. The van der Waals surface area contributed by atoms with Crippen molar-refractivity contribution < 1.29 is 9.63 Å². The molecule has 6 heteroatoms. The summed E-state index contributed by atoms with van der Waals surface area (Å²) in [4.78, 5) is 20.8. The lowest BCUT2D eigenvalue weighted by atomic mass is 10.4. The highest BCUT2D eigenvalue weighted by atomic mass is 127. The standard InChI is InChI=1S/C8H6IN3O2/c1-5(13)14-12-7(9)6-3-2-4-10-8(6)11-12/h2-4H,1H3. The summed E-state index contributed by atoms with van der Waals surface area (Å²) in [5, 5.41) is 4.88. The fourth-order valence-electron chi connectivity index (χ4n) is 1.05. The zero-order chi connectivity index (χ0) is 10.1. The van der Waals surface area contributed by atoms with Gasteiger partial charge in [0.05, 0.1) is 5.39 Å². The first-order chi connectivity index (χ1) is 6.68. The molecule has 0 aliphatic heterocycles. The number of halogens is 1. The molecule has 0 bridgehead atoms. The molecule has 2 aromatic heterocycles. The highest BCUT2D eigenvalue weighted by Crippen LogP contribution is 2.16. The molecule has 2 rings (SSSR count). The molecule has 0 unspecified atom stereocenters. The van der Waals surface area contributed by atoms with Gasteiger partial charge in [0.2, 0.25) is 0 Å². The largest absolute Gasteiger partial charge is 0.331 e. The molecule has 0 aliphatic carbocycles. The monoisotopic (exact) mass is 303 g/mol. The van der Waals surface area contributed by atoms with Crippen molar-refractivity contribution in [3.8, 4) is 0 Å². The van der Waals surface area contributed by atoms with Gasteiger partial charge in [-0.25, -0.2) is 9.78 Å². The van der Waals surface area contributed by atoms with Gasteiger partial charge in [0.15, 0.2) is 9.35 Å². The lowest BCUT2D eigenvalue weighted by Crippen LogP contribution is -2.19. The first kappa shape index (κ1) is 9.38. The van der Waals surface area contributed by atoms with Crippen LogP contribution in [0.5, 0.6) is 0 Å². The van der Waals surface area contributed by atoms with Gasteiger partial charge >= 0.3 is 5.97 Å². The number of rotatable bonds is 1. The summed E-state index contributed by atoms with van der Waals surface area (Å²) in [5.41, 5.74) is 0.568. The Morgan fingerprint density at radius 1 is 1.64 bits per heavy atom. The van der Waals surface area contributed by atoms with Gasteiger partial charge in [-0.2, -0.15) is 0 Å². The molecular weight excluding hydrogens is 297 g/mol. The van der Waals surface area contributed by atoms with Crippen LogP contribution in [0.2, 0.25) is 0 Å². The van der Waals surface area contributed by atoms with E-state index in [2.05, 4.69) is 32.7 Å². The Labute approximate surface area is 93.2 Å². The normalized spacial score (nSPS) is 10.4. The van der Waals surface area contributed by atoms with Gasteiger partial charge in [0.1, 0.15) is 0 Å². The summed E-state index contributed by atoms with van der Waals surface area (Å²) >= 11 is 2.05. The van der Waals surface area contributed by atoms with Gasteiger partial charge in [-0.1, -0.05) is 4.85 Å². The van der Waals surface area contributed by atoms with E-state index < -0.39 is 5.97 Å². The average Bonchev–Trinajstić information content (AvgIpc) is 2.44. The van der Waals surface area contributed by atoms with Crippen molar-refractivity contribution in [2.45, 2.75) is 6.92 Å². The molecule has 0 aliphatic rings. The molecule has 0 aromatic carbocycles. The van der Waals surface area contributed by atoms with Crippen LogP contribution in [-0.4, -0.2) is 20.9 Å². The first-order valence-corrected chi connectivity index (χ1v) is 4.94. The number of pyridine rings is 1. The first-order valence-electron chi connectivity index (χ1n) is 3.86. The van der Waals surface area contributed by atoms with Crippen molar-refractivity contribution in [2.24, 2.45) is 0 Å². The SMILES string of the molecule is CC(=O)On1nc2ncccc2c1I. The summed E-state index contributed by atoms with van der Waals surface area (Å²) in [6.07, 6.45) is 1.64.